The van der Waals surface area contributed by atoms with Gasteiger partial charge in [0.1, 0.15) is 11.3 Å². The Morgan fingerprint density at radius 3 is 2.77 bits per heavy atom. The third-order valence-corrected chi connectivity index (χ3v) is 5.51. The number of hydrogen-bond donors (Lipinski definition) is 0. The van der Waals surface area contributed by atoms with Crippen molar-refractivity contribution in [2.75, 3.05) is 13.1 Å². The van der Waals surface area contributed by atoms with E-state index >= 15 is 0 Å². The molecule has 2 aromatic heterocycles. The molecule has 156 valence electrons. The van der Waals surface area contributed by atoms with Crippen LogP contribution in [0.25, 0.3) is 11.0 Å². The molecule has 0 bridgehead atoms. The molecule has 1 aliphatic rings. The number of likely N-dealkylation sites (tertiary alicyclic amines) is 1. The molecule has 0 atom stereocenters. The van der Waals surface area contributed by atoms with Crippen molar-refractivity contribution in [2.45, 2.75) is 45.6 Å². The molecule has 1 aliphatic heterocycles. The van der Waals surface area contributed by atoms with E-state index in [2.05, 4.69) is 16.8 Å². The summed E-state index contributed by atoms with van der Waals surface area (Å²) in [5.74, 6) is -0.0480. The smallest absolute Gasteiger partial charge is 0.345 e. The topological polar surface area (TPSA) is 72.6 Å². The lowest BCUT2D eigenvalue weighted by Gasteiger charge is -2.27. The van der Waals surface area contributed by atoms with Gasteiger partial charge in [0.2, 0.25) is 0 Å². The summed E-state index contributed by atoms with van der Waals surface area (Å²) in [5, 5.41) is 0.907. The van der Waals surface area contributed by atoms with Crippen molar-refractivity contribution in [3.05, 3.63) is 69.8 Å². The normalized spacial score (nSPS) is 14.7. The zero-order valence-corrected chi connectivity index (χ0v) is 17.2. The number of rotatable bonds is 6. The van der Waals surface area contributed by atoms with Crippen LogP contribution in [0.5, 0.6) is 5.75 Å². The van der Waals surface area contributed by atoms with Crippen LogP contribution in [0.4, 0.5) is 0 Å². The third-order valence-electron chi connectivity index (χ3n) is 5.51. The Labute approximate surface area is 175 Å². The molecule has 0 unspecified atom stereocenters. The Morgan fingerprint density at radius 2 is 2.03 bits per heavy atom. The summed E-state index contributed by atoms with van der Waals surface area (Å²) in [7, 11) is 0. The molecule has 3 aromatic rings. The van der Waals surface area contributed by atoms with E-state index in [0.29, 0.717) is 23.4 Å². The molecule has 0 radical (unpaired) electrons. The number of piperidine rings is 1. The molecule has 30 heavy (non-hydrogen) atoms. The van der Waals surface area contributed by atoms with Crippen LogP contribution in [0.2, 0.25) is 0 Å². The van der Waals surface area contributed by atoms with E-state index in [1.165, 1.54) is 12.6 Å². The van der Waals surface area contributed by atoms with Crippen molar-refractivity contribution in [3.8, 4) is 5.75 Å². The maximum Gasteiger partial charge on any atom is 0.345 e. The fourth-order valence-electron chi connectivity index (χ4n) is 4.03. The number of esters is 1. The zero-order valence-electron chi connectivity index (χ0n) is 17.2. The van der Waals surface area contributed by atoms with Crippen molar-refractivity contribution < 1.29 is 13.9 Å². The lowest BCUT2D eigenvalue weighted by atomic mass is 10.0. The Balaban J connectivity index is 1.78. The molecule has 0 aliphatic carbocycles. The molecule has 3 heterocycles. The molecule has 1 aromatic carbocycles. The highest BCUT2D eigenvalue weighted by Crippen LogP contribution is 2.32. The molecule has 4 rings (SSSR count). The summed E-state index contributed by atoms with van der Waals surface area (Å²) in [4.78, 5) is 31.3. The molecule has 6 nitrogen and oxygen atoms in total. The zero-order chi connectivity index (χ0) is 20.9. The first-order valence-corrected chi connectivity index (χ1v) is 10.6. The second kappa shape index (κ2) is 9.22. The highest BCUT2D eigenvalue weighted by molar-refractivity contribution is 5.92. The molecule has 1 saturated heterocycles. The third kappa shape index (κ3) is 4.44. The van der Waals surface area contributed by atoms with E-state index in [-0.39, 0.29) is 5.63 Å². The number of nitrogens with zero attached hydrogens (tertiary/aromatic N) is 2. The van der Waals surface area contributed by atoms with Gasteiger partial charge in [-0.15, -0.1) is 0 Å². The average Bonchev–Trinajstić information content (AvgIpc) is 2.77. The number of ether oxygens (including phenoxy) is 1. The summed E-state index contributed by atoms with van der Waals surface area (Å²) in [6.07, 6.45) is 8.31. The van der Waals surface area contributed by atoms with Gasteiger partial charge in [-0.1, -0.05) is 19.8 Å². The first-order chi connectivity index (χ1) is 14.7. The van der Waals surface area contributed by atoms with Crippen LogP contribution in [0.1, 0.15) is 54.1 Å². The first kappa shape index (κ1) is 20.3. The maximum atomic E-state index is 12.7. The Bertz CT molecular complexity index is 1090. The standard InChI is InChI=1S/C24H26N2O4/c1-2-7-17-14-22(27)30-23-19(17)9-10-21(20(23)16-26-12-4-3-5-13-26)29-24(28)18-8-6-11-25-15-18/h6,8-11,14-15H,2-5,7,12-13,16H2,1H3. The number of hydrogen-bond acceptors (Lipinski definition) is 6. The van der Waals surface area contributed by atoms with Gasteiger partial charge in [0.25, 0.3) is 0 Å². The fraction of sp³-hybridized carbons (Fsp3) is 0.375. The number of carbonyl (C=O) groups is 1. The quantitative estimate of drug-likeness (QED) is 0.344. The second-order valence-electron chi connectivity index (χ2n) is 7.73. The Morgan fingerprint density at radius 1 is 1.20 bits per heavy atom. The average molecular weight is 406 g/mol. The largest absolute Gasteiger partial charge is 0.422 e. The van der Waals surface area contributed by atoms with Gasteiger partial charge in [0.05, 0.1) is 11.1 Å². The maximum absolute atomic E-state index is 12.7. The van der Waals surface area contributed by atoms with Crippen LogP contribution in [0.3, 0.4) is 0 Å². The molecule has 0 amide bonds. The SMILES string of the molecule is CCCc1cc(=O)oc2c(CN3CCCCC3)c(OC(=O)c3cccnc3)ccc12. The number of fused-ring (bicyclic) bond motifs is 1. The van der Waals surface area contributed by atoms with Gasteiger partial charge in [0, 0.05) is 30.4 Å². The van der Waals surface area contributed by atoms with Crippen LogP contribution < -0.4 is 10.4 Å². The number of carbonyl (C=O) groups excluding carboxylic acids is 1. The van der Waals surface area contributed by atoms with Gasteiger partial charge in [-0.25, -0.2) is 9.59 Å². The number of aryl methyl sites for hydroxylation is 1. The van der Waals surface area contributed by atoms with E-state index < -0.39 is 5.97 Å². The van der Waals surface area contributed by atoms with E-state index in [4.69, 9.17) is 9.15 Å². The minimum Gasteiger partial charge on any atom is -0.422 e. The molecule has 0 N–H and O–H groups in total. The number of pyridine rings is 1. The van der Waals surface area contributed by atoms with Gasteiger partial charge in [-0.05, 0) is 62.2 Å². The van der Waals surface area contributed by atoms with Crippen LogP contribution >= 0.6 is 0 Å². The lowest BCUT2D eigenvalue weighted by molar-refractivity contribution is 0.0731. The lowest BCUT2D eigenvalue weighted by Crippen LogP contribution is -2.29. The molecule has 1 fully saturated rings. The summed E-state index contributed by atoms with van der Waals surface area (Å²) < 4.78 is 11.4. The molecule has 0 saturated carbocycles. The monoisotopic (exact) mass is 406 g/mol. The van der Waals surface area contributed by atoms with E-state index in [1.54, 1.807) is 24.4 Å². The molecule has 0 spiro atoms. The minimum absolute atomic E-state index is 0.374. The van der Waals surface area contributed by atoms with Gasteiger partial charge in [-0.2, -0.15) is 0 Å². The highest BCUT2D eigenvalue weighted by Gasteiger charge is 2.21. The van der Waals surface area contributed by atoms with E-state index in [1.807, 2.05) is 12.1 Å². The van der Waals surface area contributed by atoms with Crippen molar-refractivity contribution in [1.29, 1.82) is 0 Å². The minimum atomic E-state index is -0.477. The highest BCUT2D eigenvalue weighted by atomic mass is 16.5. The van der Waals surface area contributed by atoms with Crippen molar-refractivity contribution >= 4 is 16.9 Å². The van der Waals surface area contributed by atoms with Crippen LogP contribution in [0.15, 0.2) is 51.9 Å². The summed E-state index contributed by atoms with van der Waals surface area (Å²) in [6, 6.07) is 8.63. The number of benzene rings is 1. The first-order valence-electron chi connectivity index (χ1n) is 10.6. The summed E-state index contributed by atoms with van der Waals surface area (Å²) >= 11 is 0. The summed E-state index contributed by atoms with van der Waals surface area (Å²) in [6.45, 7) is 4.61. The van der Waals surface area contributed by atoms with Crippen molar-refractivity contribution in [3.63, 3.8) is 0 Å². The molecular formula is C24H26N2O4. The number of aromatic nitrogens is 1. The van der Waals surface area contributed by atoms with Gasteiger partial charge in [-0.3, -0.25) is 9.88 Å². The van der Waals surface area contributed by atoms with E-state index in [9.17, 15) is 9.59 Å². The van der Waals surface area contributed by atoms with Crippen LogP contribution in [-0.2, 0) is 13.0 Å². The second-order valence-corrected chi connectivity index (χ2v) is 7.73. The predicted octanol–water partition coefficient (Wildman–Crippen LogP) is 4.35. The van der Waals surface area contributed by atoms with Crippen LogP contribution in [0, 0.1) is 0 Å². The van der Waals surface area contributed by atoms with Crippen molar-refractivity contribution in [1.82, 2.24) is 9.88 Å². The Hall–Kier alpha value is -2.99. The van der Waals surface area contributed by atoms with Gasteiger partial charge in [0.15, 0.2) is 0 Å². The van der Waals surface area contributed by atoms with E-state index in [0.717, 1.165) is 55.3 Å². The fourth-order valence-corrected chi connectivity index (χ4v) is 4.03. The van der Waals surface area contributed by atoms with Crippen LogP contribution in [-0.4, -0.2) is 28.9 Å². The summed E-state index contributed by atoms with van der Waals surface area (Å²) in [5.41, 5.74) is 2.24. The van der Waals surface area contributed by atoms with Gasteiger partial charge < -0.3 is 9.15 Å². The molecular weight excluding hydrogens is 380 g/mol. The molecule has 6 heteroatoms. The Kier molecular flexibility index (Phi) is 6.23. The van der Waals surface area contributed by atoms with Crippen molar-refractivity contribution in [2.24, 2.45) is 0 Å². The van der Waals surface area contributed by atoms with Gasteiger partial charge >= 0.3 is 11.6 Å². The predicted molar refractivity (Wildman–Crippen MR) is 115 cm³/mol.